The van der Waals surface area contributed by atoms with Crippen molar-refractivity contribution < 1.29 is 4.79 Å². The number of likely N-dealkylation sites (tertiary alicyclic amines) is 1. The second kappa shape index (κ2) is 8.52. The van der Waals surface area contributed by atoms with Gasteiger partial charge in [0.25, 0.3) is 0 Å². The van der Waals surface area contributed by atoms with Gasteiger partial charge in [-0.05, 0) is 31.1 Å². The number of piperidine rings is 1. The van der Waals surface area contributed by atoms with Gasteiger partial charge in [-0.2, -0.15) is 0 Å². The molecule has 1 saturated carbocycles. The minimum absolute atomic E-state index is 0.232. The molecule has 1 N–H and O–H groups in total. The summed E-state index contributed by atoms with van der Waals surface area (Å²) >= 11 is 3.10. The van der Waals surface area contributed by atoms with E-state index in [9.17, 15) is 4.79 Å². The summed E-state index contributed by atoms with van der Waals surface area (Å²) in [4.78, 5) is 14.5. The number of thioether (sulfide) groups is 1. The third kappa shape index (κ3) is 5.09. The molecule has 1 aromatic heterocycles. The molecule has 0 aromatic carbocycles. The predicted molar refractivity (Wildman–Crippen MR) is 101 cm³/mol. The van der Waals surface area contributed by atoms with Crippen LogP contribution in [0.1, 0.15) is 52.4 Å². The average Bonchev–Trinajstić information content (AvgIpc) is 3.00. The van der Waals surface area contributed by atoms with Gasteiger partial charge in [-0.25, -0.2) is 0 Å². The van der Waals surface area contributed by atoms with Crippen molar-refractivity contribution >= 4 is 34.1 Å². The highest BCUT2D eigenvalue weighted by Crippen LogP contribution is 2.29. The molecular weight excluding hydrogens is 340 g/mol. The van der Waals surface area contributed by atoms with Gasteiger partial charge in [0.05, 0.1) is 5.75 Å². The topological polar surface area (TPSA) is 58.1 Å². The van der Waals surface area contributed by atoms with Crippen molar-refractivity contribution in [3.63, 3.8) is 0 Å². The molecule has 134 valence electrons. The molecule has 7 heteroatoms. The second-order valence-electron chi connectivity index (χ2n) is 7.39. The fourth-order valence-electron chi connectivity index (χ4n) is 3.83. The van der Waals surface area contributed by atoms with Gasteiger partial charge in [-0.15, -0.1) is 10.2 Å². The fraction of sp³-hybridized carbons (Fsp3) is 0.824. The molecule has 3 rings (SSSR count). The molecule has 1 aromatic rings. The van der Waals surface area contributed by atoms with Gasteiger partial charge in [-0.1, -0.05) is 56.2 Å². The monoisotopic (exact) mass is 368 g/mol. The number of carbonyl (C=O) groups excluding carboxylic acids is 1. The third-order valence-corrected chi connectivity index (χ3v) is 6.85. The molecule has 1 amide bonds. The van der Waals surface area contributed by atoms with E-state index in [1.54, 1.807) is 11.3 Å². The first kappa shape index (κ1) is 18.0. The molecular formula is C17H28N4OS2. The Morgan fingerprint density at radius 2 is 1.92 bits per heavy atom. The van der Waals surface area contributed by atoms with E-state index in [0.29, 0.717) is 23.6 Å². The average molecular weight is 369 g/mol. The van der Waals surface area contributed by atoms with Crippen LogP contribution in [0.2, 0.25) is 0 Å². The number of aromatic nitrogens is 2. The minimum Gasteiger partial charge on any atom is -0.357 e. The summed E-state index contributed by atoms with van der Waals surface area (Å²) in [7, 11) is 0. The van der Waals surface area contributed by atoms with E-state index >= 15 is 0 Å². The molecule has 2 heterocycles. The van der Waals surface area contributed by atoms with Crippen molar-refractivity contribution in [3.05, 3.63) is 0 Å². The van der Waals surface area contributed by atoms with Crippen LogP contribution < -0.4 is 5.32 Å². The van der Waals surface area contributed by atoms with Crippen LogP contribution in [-0.4, -0.2) is 45.9 Å². The molecule has 1 aliphatic carbocycles. The molecule has 1 aliphatic heterocycles. The molecule has 24 heavy (non-hydrogen) atoms. The number of nitrogens with one attached hydrogen (secondary N) is 1. The van der Waals surface area contributed by atoms with Crippen LogP contribution in [0.25, 0.3) is 0 Å². The summed E-state index contributed by atoms with van der Waals surface area (Å²) in [6.07, 6.45) is 7.64. The van der Waals surface area contributed by atoms with Gasteiger partial charge in [0, 0.05) is 19.1 Å². The smallest absolute Gasteiger partial charge is 0.233 e. The van der Waals surface area contributed by atoms with Crippen molar-refractivity contribution in [2.24, 2.45) is 11.8 Å². The van der Waals surface area contributed by atoms with Crippen molar-refractivity contribution in [1.82, 2.24) is 15.1 Å². The largest absolute Gasteiger partial charge is 0.357 e. The summed E-state index contributed by atoms with van der Waals surface area (Å²) in [5.74, 6) is 1.92. The zero-order valence-corrected chi connectivity index (χ0v) is 16.3. The van der Waals surface area contributed by atoms with Crippen molar-refractivity contribution in [2.45, 2.75) is 62.8 Å². The first-order valence-electron chi connectivity index (χ1n) is 9.10. The molecule has 0 radical (unpaired) electrons. The van der Waals surface area contributed by atoms with Crippen molar-refractivity contribution in [3.8, 4) is 0 Å². The lowest BCUT2D eigenvalue weighted by Crippen LogP contribution is -2.43. The van der Waals surface area contributed by atoms with E-state index < -0.39 is 0 Å². The quantitative estimate of drug-likeness (QED) is 0.799. The summed E-state index contributed by atoms with van der Waals surface area (Å²) in [5.41, 5.74) is 0. The lowest BCUT2D eigenvalue weighted by atomic mass is 9.92. The number of rotatable bonds is 5. The van der Waals surface area contributed by atoms with Crippen molar-refractivity contribution in [2.75, 3.05) is 24.2 Å². The summed E-state index contributed by atoms with van der Waals surface area (Å²) in [6.45, 7) is 6.26. The molecule has 1 saturated heterocycles. The van der Waals surface area contributed by atoms with Crippen LogP contribution in [-0.2, 0) is 4.79 Å². The Labute approximate surface area is 153 Å². The van der Waals surface area contributed by atoms with Gasteiger partial charge >= 0.3 is 0 Å². The number of carbonyl (C=O) groups is 1. The predicted octanol–water partition coefficient (Wildman–Crippen LogP) is 3.88. The summed E-state index contributed by atoms with van der Waals surface area (Å²) < 4.78 is 0.889. The molecule has 2 unspecified atom stereocenters. The van der Waals surface area contributed by atoms with Crippen LogP contribution in [0.4, 0.5) is 5.13 Å². The Balaban J connectivity index is 1.45. The molecule has 5 nitrogen and oxygen atoms in total. The van der Waals surface area contributed by atoms with Gasteiger partial charge in [0.2, 0.25) is 11.0 Å². The van der Waals surface area contributed by atoms with Gasteiger partial charge in [-0.3, -0.25) is 4.79 Å². The first-order chi connectivity index (χ1) is 11.6. The Morgan fingerprint density at radius 3 is 2.62 bits per heavy atom. The van der Waals surface area contributed by atoms with E-state index in [-0.39, 0.29) is 5.91 Å². The Bertz CT molecular complexity index is 534. The third-order valence-electron chi connectivity index (χ3n) is 4.88. The van der Waals surface area contributed by atoms with Gasteiger partial charge < -0.3 is 10.2 Å². The van der Waals surface area contributed by atoms with Crippen LogP contribution in [0.15, 0.2) is 4.34 Å². The molecule has 2 fully saturated rings. The van der Waals surface area contributed by atoms with Crippen LogP contribution >= 0.6 is 23.1 Å². The second-order valence-corrected chi connectivity index (χ2v) is 9.59. The maximum Gasteiger partial charge on any atom is 0.233 e. The number of hydrogen-bond donors (Lipinski definition) is 1. The normalized spacial score (nSPS) is 25.7. The number of hydrogen-bond acceptors (Lipinski definition) is 6. The van der Waals surface area contributed by atoms with Crippen LogP contribution in [0.3, 0.4) is 0 Å². The van der Waals surface area contributed by atoms with Gasteiger partial charge in [0.15, 0.2) is 4.34 Å². The summed E-state index contributed by atoms with van der Waals surface area (Å²) in [5, 5.41) is 12.9. The summed E-state index contributed by atoms with van der Waals surface area (Å²) in [6, 6.07) is 0.544. The zero-order valence-electron chi connectivity index (χ0n) is 14.7. The van der Waals surface area contributed by atoms with Crippen LogP contribution in [0.5, 0.6) is 0 Å². The Hall–Kier alpha value is -0.820. The highest BCUT2D eigenvalue weighted by atomic mass is 32.2. The number of amides is 1. The maximum absolute atomic E-state index is 12.4. The Morgan fingerprint density at radius 1 is 1.21 bits per heavy atom. The zero-order chi connectivity index (χ0) is 16.9. The highest BCUT2D eigenvalue weighted by molar-refractivity contribution is 8.01. The maximum atomic E-state index is 12.4. The van der Waals surface area contributed by atoms with Crippen molar-refractivity contribution in [1.29, 1.82) is 0 Å². The van der Waals surface area contributed by atoms with E-state index in [0.717, 1.165) is 22.6 Å². The number of anilines is 1. The molecule has 2 atom stereocenters. The van der Waals surface area contributed by atoms with E-state index in [1.807, 2.05) is 4.90 Å². The number of nitrogens with zero attached hydrogens (tertiary/aromatic N) is 3. The van der Waals surface area contributed by atoms with E-state index in [2.05, 4.69) is 29.4 Å². The Kier molecular flexibility index (Phi) is 6.38. The molecule has 2 aliphatic rings. The molecule has 0 spiro atoms. The molecule has 0 bridgehead atoms. The van der Waals surface area contributed by atoms with Crippen LogP contribution in [0, 0.1) is 11.8 Å². The van der Waals surface area contributed by atoms with Gasteiger partial charge in [0.1, 0.15) is 0 Å². The standard InChI is InChI=1S/C17H28N4OS2/c1-12-8-13(2)10-21(9-12)15(22)11-23-17-20-19-16(24-17)18-14-6-4-3-5-7-14/h12-14H,3-11H2,1-2H3,(H,18,19). The highest BCUT2D eigenvalue weighted by Gasteiger charge is 2.25. The minimum atomic E-state index is 0.232. The lowest BCUT2D eigenvalue weighted by Gasteiger charge is -2.34. The first-order valence-corrected chi connectivity index (χ1v) is 10.9. The fourth-order valence-corrected chi connectivity index (χ4v) is 5.56. The SMILES string of the molecule is CC1CC(C)CN(C(=O)CSc2nnc(NC3CCCCC3)s2)C1. The van der Waals surface area contributed by atoms with E-state index in [4.69, 9.17) is 0 Å². The lowest BCUT2D eigenvalue weighted by molar-refractivity contribution is -0.130. The van der Waals surface area contributed by atoms with E-state index in [1.165, 1.54) is 50.3 Å².